The van der Waals surface area contributed by atoms with E-state index < -0.39 is 9.84 Å². The molecule has 0 N–H and O–H groups in total. The summed E-state index contributed by atoms with van der Waals surface area (Å²) in [5.74, 6) is 0.700. The van der Waals surface area contributed by atoms with Crippen LogP contribution in [0.1, 0.15) is 24.0 Å². The van der Waals surface area contributed by atoms with E-state index >= 15 is 0 Å². The van der Waals surface area contributed by atoms with Crippen LogP contribution in [0.25, 0.3) is 0 Å². The minimum atomic E-state index is -3.14. The zero-order valence-corrected chi connectivity index (χ0v) is 11.2. The average Bonchev–Trinajstić information content (AvgIpc) is 2.17. The molecule has 0 aliphatic carbocycles. The van der Waals surface area contributed by atoms with Gasteiger partial charge in [-0.2, -0.15) is 0 Å². The van der Waals surface area contributed by atoms with Gasteiger partial charge in [-0.15, -0.1) is 11.6 Å². The Morgan fingerprint density at radius 1 is 1.19 bits per heavy atom. The fraction of sp³-hybridized carbons (Fsp3) is 0.500. The number of halogens is 1. The van der Waals surface area contributed by atoms with Gasteiger partial charge in [-0.05, 0) is 38.3 Å². The second-order valence-electron chi connectivity index (χ2n) is 3.98. The van der Waals surface area contributed by atoms with Crippen LogP contribution in [0.15, 0.2) is 23.1 Å². The zero-order valence-electron chi connectivity index (χ0n) is 9.66. The predicted molar refractivity (Wildman–Crippen MR) is 67.9 cm³/mol. The molecule has 0 spiro atoms. The lowest BCUT2D eigenvalue weighted by Gasteiger charge is -2.07. The van der Waals surface area contributed by atoms with Gasteiger partial charge >= 0.3 is 0 Å². The van der Waals surface area contributed by atoms with E-state index in [1.807, 2.05) is 26.0 Å². The highest BCUT2D eigenvalue weighted by Crippen LogP contribution is 2.18. The average molecular weight is 261 g/mol. The Morgan fingerprint density at radius 3 is 2.44 bits per heavy atom. The van der Waals surface area contributed by atoms with Crippen molar-refractivity contribution >= 4 is 21.4 Å². The maximum absolute atomic E-state index is 12.0. The molecule has 1 aromatic carbocycles. The molecule has 0 fully saturated rings. The molecule has 0 unspecified atom stereocenters. The van der Waals surface area contributed by atoms with Crippen LogP contribution < -0.4 is 0 Å². The van der Waals surface area contributed by atoms with Crippen LogP contribution >= 0.6 is 11.6 Å². The number of unbranched alkanes of at least 4 members (excludes halogenated alkanes) is 1. The Morgan fingerprint density at radius 2 is 1.88 bits per heavy atom. The maximum Gasteiger partial charge on any atom is 0.178 e. The van der Waals surface area contributed by atoms with Gasteiger partial charge in [0.1, 0.15) is 0 Å². The molecule has 0 saturated carbocycles. The molecule has 0 saturated heterocycles. The van der Waals surface area contributed by atoms with Gasteiger partial charge < -0.3 is 0 Å². The minimum Gasteiger partial charge on any atom is -0.224 e. The SMILES string of the molecule is Cc1ccc(S(=O)(=O)CCCCCl)c(C)c1. The molecule has 1 rings (SSSR count). The summed E-state index contributed by atoms with van der Waals surface area (Å²) in [4.78, 5) is 0.452. The summed E-state index contributed by atoms with van der Waals surface area (Å²) in [5, 5.41) is 0. The number of alkyl halides is 1. The second-order valence-corrected chi connectivity index (χ2v) is 6.44. The number of aryl methyl sites for hydroxylation is 2. The van der Waals surface area contributed by atoms with Crippen LogP contribution in [0.3, 0.4) is 0 Å². The highest BCUT2D eigenvalue weighted by Gasteiger charge is 2.16. The van der Waals surface area contributed by atoms with Crippen molar-refractivity contribution < 1.29 is 8.42 Å². The topological polar surface area (TPSA) is 34.1 Å². The van der Waals surface area contributed by atoms with Gasteiger partial charge in [0.2, 0.25) is 0 Å². The molecule has 16 heavy (non-hydrogen) atoms. The first-order valence-corrected chi connectivity index (χ1v) is 7.52. The molecule has 0 amide bonds. The van der Waals surface area contributed by atoms with E-state index in [0.717, 1.165) is 17.5 Å². The third-order valence-corrected chi connectivity index (χ3v) is 4.68. The fourth-order valence-electron chi connectivity index (χ4n) is 1.64. The summed E-state index contributed by atoms with van der Waals surface area (Å²) in [6.07, 6.45) is 1.37. The quantitative estimate of drug-likeness (QED) is 0.602. The number of hydrogen-bond donors (Lipinski definition) is 0. The molecule has 0 radical (unpaired) electrons. The summed E-state index contributed by atoms with van der Waals surface area (Å²) < 4.78 is 24.0. The number of rotatable bonds is 5. The molecule has 4 heteroatoms. The first-order chi connectivity index (χ1) is 7.47. The lowest BCUT2D eigenvalue weighted by Crippen LogP contribution is -2.08. The van der Waals surface area contributed by atoms with E-state index in [1.165, 1.54) is 0 Å². The minimum absolute atomic E-state index is 0.184. The Bertz CT molecular complexity index is 452. The second kappa shape index (κ2) is 5.69. The van der Waals surface area contributed by atoms with Crippen molar-refractivity contribution in [3.05, 3.63) is 29.3 Å². The standard InChI is InChI=1S/C12H17ClO2S/c1-10-5-6-12(11(2)9-10)16(14,15)8-4-3-7-13/h5-6,9H,3-4,7-8H2,1-2H3. The van der Waals surface area contributed by atoms with E-state index in [9.17, 15) is 8.42 Å². The van der Waals surface area contributed by atoms with Crippen LogP contribution in [-0.4, -0.2) is 20.1 Å². The Kier molecular flexibility index (Phi) is 4.81. The van der Waals surface area contributed by atoms with Gasteiger partial charge in [-0.25, -0.2) is 8.42 Å². The van der Waals surface area contributed by atoms with E-state index in [2.05, 4.69) is 0 Å². The van der Waals surface area contributed by atoms with Crippen LogP contribution in [0.4, 0.5) is 0 Å². The first kappa shape index (κ1) is 13.5. The van der Waals surface area contributed by atoms with Gasteiger partial charge in [0.25, 0.3) is 0 Å². The normalized spacial score (nSPS) is 11.7. The molecule has 0 aliphatic rings. The van der Waals surface area contributed by atoms with Gasteiger partial charge in [-0.1, -0.05) is 17.7 Å². The smallest absolute Gasteiger partial charge is 0.178 e. The van der Waals surface area contributed by atoms with E-state index in [0.29, 0.717) is 17.2 Å². The molecule has 0 aliphatic heterocycles. The zero-order chi connectivity index (χ0) is 12.2. The molecule has 0 aromatic heterocycles. The maximum atomic E-state index is 12.0. The number of benzene rings is 1. The van der Waals surface area contributed by atoms with Crippen LogP contribution in [-0.2, 0) is 9.84 Å². The Hall–Kier alpha value is -0.540. The molecule has 2 nitrogen and oxygen atoms in total. The predicted octanol–water partition coefficient (Wildman–Crippen LogP) is 3.10. The van der Waals surface area contributed by atoms with Crippen LogP contribution in [0, 0.1) is 13.8 Å². The largest absolute Gasteiger partial charge is 0.224 e. The molecular weight excluding hydrogens is 244 g/mol. The summed E-state index contributed by atoms with van der Waals surface area (Å²) >= 11 is 5.53. The van der Waals surface area contributed by atoms with Gasteiger partial charge in [0.15, 0.2) is 9.84 Å². The fourth-order valence-corrected chi connectivity index (χ4v) is 3.46. The Balaban J connectivity index is 2.90. The van der Waals surface area contributed by atoms with Crippen molar-refractivity contribution in [2.75, 3.05) is 11.6 Å². The first-order valence-electron chi connectivity index (χ1n) is 5.33. The highest BCUT2D eigenvalue weighted by molar-refractivity contribution is 7.91. The molecule has 90 valence electrons. The summed E-state index contributed by atoms with van der Waals surface area (Å²) in [6.45, 7) is 3.79. The van der Waals surface area contributed by atoms with Crippen LogP contribution in [0.2, 0.25) is 0 Å². The van der Waals surface area contributed by atoms with E-state index in [-0.39, 0.29) is 5.75 Å². The van der Waals surface area contributed by atoms with Crippen molar-refractivity contribution in [3.63, 3.8) is 0 Å². The monoisotopic (exact) mass is 260 g/mol. The molecule has 1 aromatic rings. The summed E-state index contributed by atoms with van der Waals surface area (Å²) in [6, 6.07) is 5.43. The van der Waals surface area contributed by atoms with Crippen molar-refractivity contribution in [2.45, 2.75) is 31.6 Å². The third-order valence-electron chi connectivity index (χ3n) is 2.46. The Labute approximate surface area is 103 Å². The summed E-state index contributed by atoms with van der Waals surface area (Å²) in [7, 11) is -3.14. The molecular formula is C12H17ClO2S. The number of sulfone groups is 1. The van der Waals surface area contributed by atoms with Gasteiger partial charge in [-0.3, -0.25) is 0 Å². The third kappa shape index (κ3) is 3.49. The molecule has 0 bridgehead atoms. The molecule has 0 atom stereocenters. The van der Waals surface area contributed by atoms with E-state index in [4.69, 9.17) is 11.6 Å². The van der Waals surface area contributed by atoms with Crippen LogP contribution in [0.5, 0.6) is 0 Å². The van der Waals surface area contributed by atoms with E-state index in [1.54, 1.807) is 6.07 Å². The summed E-state index contributed by atoms with van der Waals surface area (Å²) in [5.41, 5.74) is 1.91. The van der Waals surface area contributed by atoms with Crippen molar-refractivity contribution in [1.29, 1.82) is 0 Å². The van der Waals surface area contributed by atoms with Crippen molar-refractivity contribution in [2.24, 2.45) is 0 Å². The number of hydrogen-bond acceptors (Lipinski definition) is 2. The van der Waals surface area contributed by atoms with Crippen molar-refractivity contribution in [3.8, 4) is 0 Å². The lowest BCUT2D eigenvalue weighted by atomic mass is 10.2. The molecule has 0 heterocycles. The van der Waals surface area contributed by atoms with Gasteiger partial charge in [0.05, 0.1) is 10.6 Å². The highest BCUT2D eigenvalue weighted by atomic mass is 35.5. The van der Waals surface area contributed by atoms with Crippen molar-refractivity contribution in [1.82, 2.24) is 0 Å². The van der Waals surface area contributed by atoms with Gasteiger partial charge in [0, 0.05) is 5.88 Å². The lowest BCUT2D eigenvalue weighted by molar-refractivity contribution is 0.592.